The fraction of sp³-hybridized carbons (Fsp3) is 0.308. The Balaban J connectivity index is 2.76. The van der Waals surface area contributed by atoms with Gasteiger partial charge in [-0.15, -0.1) is 12.3 Å². The summed E-state index contributed by atoms with van der Waals surface area (Å²) < 4.78 is 26.4. The highest BCUT2D eigenvalue weighted by atomic mass is 19.1. The molecule has 0 aliphatic carbocycles. The number of nitrogens with one attached hydrogen (secondary N) is 1. The largest absolute Gasteiger partial charge is 0.348 e. The van der Waals surface area contributed by atoms with Crippen molar-refractivity contribution in [3.05, 3.63) is 35.4 Å². The number of nitrogens with two attached hydrogens (primary N) is 1. The van der Waals surface area contributed by atoms with E-state index in [4.69, 9.17) is 12.2 Å². The van der Waals surface area contributed by atoms with Crippen molar-refractivity contribution < 1.29 is 13.6 Å². The molecule has 3 N–H and O–H groups in total. The zero-order valence-electron chi connectivity index (χ0n) is 9.91. The van der Waals surface area contributed by atoms with Gasteiger partial charge in [0.25, 0.3) is 0 Å². The van der Waals surface area contributed by atoms with E-state index in [0.717, 1.165) is 18.2 Å². The Hall–Kier alpha value is -1.93. The number of hydrogen-bond acceptors (Lipinski definition) is 2. The van der Waals surface area contributed by atoms with E-state index in [9.17, 15) is 13.6 Å². The average molecular weight is 252 g/mol. The van der Waals surface area contributed by atoms with Crippen LogP contribution in [0, 0.1) is 24.0 Å². The number of terminal acetylenes is 1. The summed E-state index contributed by atoms with van der Waals surface area (Å²) in [6, 6.07) is 1.52. The highest BCUT2D eigenvalue weighted by Gasteiger charge is 2.18. The maximum absolute atomic E-state index is 13.4. The summed E-state index contributed by atoms with van der Waals surface area (Å²) in [4.78, 5) is 11.6. The molecule has 0 spiro atoms. The molecule has 96 valence electrons. The molecule has 0 bridgehead atoms. The van der Waals surface area contributed by atoms with E-state index >= 15 is 0 Å². The number of hydrogen-bond donors (Lipinski definition) is 2. The summed E-state index contributed by atoms with van der Waals surface area (Å²) in [6.45, 7) is 1.54. The SMILES string of the molecule is C#CCC(N)C(=O)NC(C)c1cc(F)ccc1F. The molecule has 0 saturated heterocycles. The van der Waals surface area contributed by atoms with Crippen LogP contribution in [0.3, 0.4) is 0 Å². The van der Waals surface area contributed by atoms with Gasteiger partial charge in [-0.3, -0.25) is 4.79 Å². The molecule has 1 amide bonds. The van der Waals surface area contributed by atoms with Crippen LogP contribution in [-0.4, -0.2) is 11.9 Å². The van der Waals surface area contributed by atoms with Crippen LogP contribution in [0.2, 0.25) is 0 Å². The van der Waals surface area contributed by atoms with Gasteiger partial charge in [-0.25, -0.2) is 8.78 Å². The molecule has 0 saturated carbocycles. The average Bonchev–Trinajstić information content (AvgIpc) is 2.32. The standard InChI is InChI=1S/C13H14F2N2O/c1-3-4-12(16)13(18)17-8(2)10-7-9(14)5-6-11(10)15/h1,5-8,12H,4,16H2,2H3,(H,17,18). The quantitative estimate of drug-likeness (QED) is 0.798. The van der Waals surface area contributed by atoms with Gasteiger partial charge in [-0.05, 0) is 25.1 Å². The highest BCUT2D eigenvalue weighted by molar-refractivity contribution is 5.82. The van der Waals surface area contributed by atoms with Crippen molar-refractivity contribution in [2.75, 3.05) is 0 Å². The molecular formula is C13H14F2N2O. The first-order chi connectivity index (χ1) is 8.45. The Kier molecular flexibility index (Phi) is 4.81. The van der Waals surface area contributed by atoms with E-state index < -0.39 is 29.6 Å². The fourth-order valence-corrected chi connectivity index (χ4v) is 1.46. The Morgan fingerprint density at radius 1 is 1.56 bits per heavy atom. The van der Waals surface area contributed by atoms with E-state index in [1.54, 1.807) is 6.92 Å². The third-order valence-electron chi connectivity index (χ3n) is 2.46. The minimum Gasteiger partial charge on any atom is -0.348 e. The zero-order valence-corrected chi connectivity index (χ0v) is 9.91. The zero-order chi connectivity index (χ0) is 13.7. The van der Waals surface area contributed by atoms with Gasteiger partial charge in [0.05, 0.1) is 12.1 Å². The van der Waals surface area contributed by atoms with Crippen molar-refractivity contribution in [2.24, 2.45) is 5.73 Å². The lowest BCUT2D eigenvalue weighted by molar-refractivity contribution is -0.122. The molecule has 0 aromatic heterocycles. The second-order valence-electron chi connectivity index (χ2n) is 3.91. The summed E-state index contributed by atoms with van der Waals surface area (Å²) >= 11 is 0. The van der Waals surface area contributed by atoms with Gasteiger partial charge in [0.1, 0.15) is 11.6 Å². The normalized spacial score (nSPS) is 13.5. The van der Waals surface area contributed by atoms with E-state index in [0.29, 0.717) is 0 Å². The van der Waals surface area contributed by atoms with Crippen LogP contribution < -0.4 is 11.1 Å². The van der Waals surface area contributed by atoms with Crippen molar-refractivity contribution in [2.45, 2.75) is 25.4 Å². The molecular weight excluding hydrogens is 238 g/mol. The van der Waals surface area contributed by atoms with E-state index in [1.807, 2.05) is 0 Å². The lowest BCUT2D eigenvalue weighted by Crippen LogP contribution is -2.41. The Morgan fingerprint density at radius 2 is 2.22 bits per heavy atom. The minimum absolute atomic E-state index is 0.0660. The Morgan fingerprint density at radius 3 is 2.83 bits per heavy atom. The van der Waals surface area contributed by atoms with Crippen LogP contribution in [0.25, 0.3) is 0 Å². The topological polar surface area (TPSA) is 55.1 Å². The molecule has 1 aromatic carbocycles. The van der Waals surface area contributed by atoms with Crippen molar-refractivity contribution in [3.63, 3.8) is 0 Å². The van der Waals surface area contributed by atoms with Crippen molar-refractivity contribution in [1.29, 1.82) is 0 Å². The molecule has 0 radical (unpaired) electrons. The minimum atomic E-state index is -0.853. The van der Waals surface area contributed by atoms with Gasteiger partial charge in [0, 0.05) is 12.0 Å². The monoisotopic (exact) mass is 252 g/mol. The van der Waals surface area contributed by atoms with Crippen molar-refractivity contribution >= 4 is 5.91 Å². The van der Waals surface area contributed by atoms with Gasteiger partial charge in [0.2, 0.25) is 5.91 Å². The summed E-state index contributed by atoms with van der Waals surface area (Å²) in [6.07, 6.45) is 5.12. The first kappa shape index (κ1) is 14.1. The molecule has 1 rings (SSSR count). The molecule has 1 aromatic rings. The second kappa shape index (κ2) is 6.12. The predicted molar refractivity (Wildman–Crippen MR) is 64.3 cm³/mol. The molecule has 3 nitrogen and oxygen atoms in total. The molecule has 0 fully saturated rings. The van der Waals surface area contributed by atoms with Crippen LogP contribution in [0.4, 0.5) is 8.78 Å². The fourth-order valence-electron chi connectivity index (χ4n) is 1.46. The number of rotatable bonds is 4. The number of amides is 1. The number of carbonyl (C=O) groups excluding carboxylic acids is 1. The second-order valence-corrected chi connectivity index (χ2v) is 3.91. The molecule has 2 atom stereocenters. The summed E-state index contributed by atoms with van der Waals surface area (Å²) in [5.74, 6) is 0.609. The van der Waals surface area contributed by atoms with Crippen LogP contribution in [0.15, 0.2) is 18.2 Å². The first-order valence-electron chi connectivity index (χ1n) is 5.40. The summed E-state index contributed by atoms with van der Waals surface area (Å²) in [7, 11) is 0. The van der Waals surface area contributed by atoms with E-state index in [-0.39, 0.29) is 12.0 Å². The van der Waals surface area contributed by atoms with Gasteiger partial charge in [-0.1, -0.05) is 0 Å². The Bertz CT molecular complexity index is 482. The van der Waals surface area contributed by atoms with Crippen molar-refractivity contribution in [1.82, 2.24) is 5.32 Å². The molecule has 2 unspecified atom stereocenters. The number of halogens is 2. The van der Waals surface area contributed by atoms with Gasteiger partial charge in [0.15, 0.2) is 0 Å². The lowest BCUT2D eigenvalue weighted by atomic mass is 10.1. The van der Waals surface area contributed by atoms with Crippen LogP contribution in [0.1, 0.15) is 24.9 Å². The first-order valence-corrected chi connectivity index (χ1v) is 5.40. The van der Waals surface area contributed by atoms with E-state index in [1.165, 1.54) is 0 Å². The maximum Gasteiger partial charge on any atom is 0.238 e. The molecule has 5 heteroatoms. The third kappa shape index (κ3) is 3.54. The smallest absolute Gasteiger partial charge is 0.238 e. The van der Waals surface area contributed by atoms with Crippen LogP contribution >= 0.6 is 0 Å². The highest BCUT2D eigenvalue weighted by Crippen LogP contribution is 2.17. The predicted octanol–water partition coefficient (Wildman–Crippen LogP) is 1.49. The lowest BCUT2D eigenvalue weighted by Gasteiger charge is -2.17. The maximum atomic E-state index is 13.4. The summed E-state index contributed by atoms with van der Waals surface area (Å²) in [5, 5.41) is 2.48. The molecule has 0 heterocycles. The van der Waals surface area contributed by atoms with Gasteiger partial charge in [-0.2, -0.15) is 0 Å². The number of benzene rings is 1. The molecule has 0 aliphatic heterocycles. The third-order valence-corrected chi connectivity index (χ3v) is 2.46. The number of carbonyl (C=O) groups is 1. The van der Waals surface area contributed by atoms with Gasteiger partial charge >= 0.3 is 0 Å². The summed E-state index contributed by atoms with van der Waals surface area (Å²) in [5.41, 5.74) is 5.57. The van der Waals surface area contributed by atoms with Crippen LogP contribution in [0.5, 0.6) is 0 Å². The van der Waals surface area contributed by atoms with Gasteiger partial charge < -0.3 is 11.1 Å². The van der Waals surface area contributed by atoms with Crippen LogP contribution in [-0.2, 0) is 4.79 Å². The van der Waals surface area contributed by atoms with E-state index in [2.05, 4.69) is 11.2 Å². The molecule has 18 heavy (non-hydrogen) atoms. The molecule has 0 aliphatic rings. The van der Waals surface area contributed by atoms with Crippen molar-refractivity contribution in [3.8, 4) is 12.3 Å². The Labute approximate surface area is 104 Å².